The first-order valence-electron chi connectivity index (χ1n) is 6.90. The van der Waals surface area contributed by atoms with Crippen molar-refractivity contribution in [1.82, 2.24) is 0 Å². The third-order valence-corrected chi connectivity index (χ3v) is 3.14. The number of aryl methyl sites for hydroxylation is 2. The van der Waals surface area contributed by atoms with Crippen molar-refractivity contribution in [3.05, 3.63) is 59.2 Å². The molecular formula is C17H17F2NO2. The van der Waals surface area contributed by atoms with Crippen LogP contribution in [0.1, 0.15) is 17.5 Å². The maximum atomic E-state index is 13.4. The summed E-state index contributed by atoms with van der Waals surface area (Å²) in [4.78, 5) is 11.7. The Bertz CT molecular complexity index is 686. The van der Waals surface area contributed by atoms with E-state index >= 15 is 0 Å². The summed E-state index contributed by atoms with van der Waals surface area (Å²) in [6, 6.07) is 8.82. The molecule has 116 valence electrons. The molecular weight excluding hydrogens is 288 g/mol. The highest BCUT2D eigenvalue weighted by Crippen LogP contribution is 2.19. The Hall–Kier alpha value is -2.43. The topological polar surface area (TPSA) is 38.3 Å². The van der Waals surface area contributed by atoms with E-state index in [4.69, 9.17) is 4.74 Å². The van der Waals surface area contributed by atoms with Gasteiger partial charge in [-0.2, -0.15) is 0 Å². The van der Waals surface area contributed by atoms with E-state index in [1.807, 2.05) is 32.0 Å². The second-order valence-electron chi connectivity index (χ2n) is 5.04. The molecule has 0 saturated carbocycles. The molecule has 22 heavy (non-hydrogen) atoms. The number of amides is 1. The van der Waals surface area contributed by atoms with Gasteiger partial charge >= 0.3 is 0 Å². The number of benzene rings is 2. The molecule has 0 unspecified atom stereocenters. The van der Waals surface area contributed by atoms with Crippen molar-refractivity contribution < 1.29 is 18.3 Å². The van der Waals surface area contributed by atoms with Crippen LogP contribution in [0.2, 0.25) is 0 Å². The fraction of sp³-hybridized carbons (Fsp3) is 0.235. The number of hydrogen-bond acceptors (Lipinski definition) is 2. The van der Waals surface area contributed by atoms with Crippen molar-refractivity contribution >= 4 is 11.6 Å². The number of nitrogens with one attached hydrogen (secondary N) is 1. The van der Waals surface area contributed by atoms with Gasteiger partial charge in [0.05, 0.1) is 18.7 Å². The van der Waals surface area contributed by atoms with Gasteiger partial charge in [0, 0.05) is 6.07 Å². The molecule has 3 nitrogen and oxygen atoms in total. The van der Waals surface area contributed by atoms with E-state index in [1.165, 1.54) is 6.07 Å². The molecule has 0 radical (unpaired) electrons. The quantitative estimate of drug-likeness (QED) is 0.907. The van der Waals surface area contributed by atoms with E-state index in [0.29, 0.717) is 0 Å². The number of halogens is 2. The lowest BCUT2D eigenvalue weighted by atomic mass is 10.1. The zero-order valence-electron chi connectivity index (χ0n) is 12.5. The number of carbonyl (C=O) groups is 1. The Morgan fingerprint density at radius 3 is 2.64 bits per heavy atom. The van der Waals surface area contributed by atoms with Gasteiger partial charge in [0.1, 0.15) is 17.4 Å². The lowest BCUT2D eigenvalue weighted by molar-refractivity contribution is -0.116. The first kappa shape index (κ1) is 15.9. The first-order valence-corrected chi connectivity index (χ1v) is 6.90. The molecule has 0 saturated heterocycles. The lowest BCUT2D eigenvalue weighted by Crippen LogP contribution is -2.16. The minimum Gasteiger partial charge on any atom is -0.493 e. The molecule has 1 N–H and O–H groups in total. The zero-order valence-corrected chi connectivity index (χ0v) is 12.5. The van der Waals surface area contributed by atoms with Crippen LogP contribution in [-0.2, 0) is 4.79 Å². The minimum atomic E-state index is -0.802. The molecule has 0 aliphatic carbocycles. The van der Waals surface area contributed by atoms with Crippen LogP contribution < -0.4 is 10.1 Å². The molecule has 2 aromatic rings. The molecule has 0 atom stereocenters. The third-order valence-electron chi connectivity index (χ3n) is 3.14. The summed E-state index contributed by atoms with van der Waals surface area (Å²) in [7, 11) is 0. The van der Waals surface area contributed by atoms with E-state index in [1.54, 1.807) is 0 Å². The van der Waals surface area contributed by atoms with Gasteiger partial charge < -0.3 is 10.1 Å². The summed E-state index contributed by atoms with van der Waals surface area (Å²) >= 11 is 0. The second kappa shape index (κ2) is 7.02. The van der Waals surface area contributed by atoms with Crippen LogP contribution in [-0.4, -0.2) is 12.5 Å². The molecule has 5 heteroatoms. The molecule has 0 aromatic heterocycles. The molecule has 2 aromatic carbocycles. The number of rotatable bonds is 5. The zero-order chi connectivity index (χ0) is 16.1. The Morgan fingerprint density at radius 2 is 1.91 bits per heavy atom. The molecule has 2 rings (SSSR count). The average Bonchev–Trinajstić information content (AvgIpc) is 2.46. The van der Waals surface area contributed by atoms with E-state index in [2.05, 4.69) is 5.32 Å². The molecule has 0 bridgehead atoms. The molecule has 0 aliphatic rings. The molecule has 1 amide bonds. The van der Waals surface area contributed by atoms with Gasteiger partial charge in [-0.05, 0) is 43.2 Å². The van der Waals surface area contributed by atoms with Gasteiger partial charge in [0.15, 0.2) is 0 Å². The van der Waals surface area contributed by atoms with Crippen molar-refractivity contribution in [2.75, 3.05) is 11.9 Å². The predicted molar refractivity (Wildman–Crippen MR) is 81.0 cm³/mol. The normalized spacial score (nSPS) is 10.4. The number of anilines is 1. The number of hydrogen-bond donors (Lipinski definition) is 1. The van der Waals surface area contributed by atoms with Gasteiger partial charge in [-0.15, -0.1) is 0 Å². The first-order chi connectivity index (χ1) is 10.5. The standard InChI is InChI=1S/C17H17F2NO2/c1-11-3-4-12(2)16(9-11)22-8-7-17(21)20-15-6-5-13(18)10-14(15)19/h3-6,9-10H,7-8H2,1-2H3,(H,20,21). The van der Waals surface area contributed by atoms with Crippen molar-refractivity contribution in [2.45, 2.75) is 20.3 Å². The maximum absolute atomic E-state index is 13.4. The smallest absolute Gasteiger partial charge is 0.227 e. The minimum absolute atomic E-state index is 0.0434. The van der Waals surface area contributed by atoms with Crippen LogP contribution in [0.25, 0.3) is 0 Å². The highest BCUT2D eigenvalue weighted by Gasteiger charge is 2.08. The molecule has 0 heterocycles. The summed E-state index contributed by atoms with van der Waals surface area (Å²) in [5, 5.41) is 2.39. The van der Waals surface area contributed by atoms with Crippen molar-refractivity contribution in [2.24, 2.45) is 0 Å². The van der Waals surface area contributed by atoms with Gasteiger partial charge in [0.25, 0.3) is 0 Å². The summed E-state index contributed by atoms with van der Waals surface area (Å²) in [5.74, 6) is -1.16. The van der Waals surface area contributed by atoms with Crippen LogP contribution >= 0.6 is 0 Å². The highest BCUT2D eigenvalue weighted by atomic mass is 19.1. The number of carbonyl (C=O) groups excluding carboxylic acids is 1. The van der Waals surface area contributed by atoms with E-state index < -0.39 is 17.5 Å². The van der Waals surface area contributed by atoms with Crippen LogP contribution in [0, 0.1) is 25.5 Å². The van der Waals surface area contributed by atoms with Crippen molar-refractivity contribution in [1.29, 1.82) is 0 Å². The van der Waals surface area contributed by atoms with Crippen LogP contribution in [0.4, 0.5) is 14.5 Å². The highest BCUT2D eigenvalue weighted by molar-refractivity contribution is 5.90. The second-order valence-corrected chi connectivity index (χ2v) is 5.04. The Labute approximate surface area is 127 Å². The van der Waals surface area contributed by atoms with E-state index in [0.717, 1.165) is 29.0 Å². The fourth-order valence-electron chi connectivity index (χ4n) is 1.92. The lowest BCUT2D eigenvalue weighted by Gasteiger charge is -2.10. The summed E-state index contributed by atoms with van der Waals surface area (Å²) in [6.07, 6.45) is 0.0736. The fourth-order valence-corrected chi connectivity index (χ4v) is 1.92. The molecule has 0 aliphatic heterocycles. The summed E-state index contributed by atoms with van der Waals surface area (Å²) < 4.78 is 31.7. The van der Waals surface area contributed by atoms with Crippen molar-refractivity contribution in [3.8, 4) is 5.75 Å². The van der Waals surface area contributed by atoms with Crippen molar-refractivity contribution in [3.63, 3.8) is 0 Å². The Kier molecular flexibility index (Phi) is 5.09. The SMILES string of the molecule is Cc1ccc(C)c(OCCC(=O)Nc2ccc(F)cc2F)c1. The van der Waals surface area contributed by atoms with Crippen LogP contribution in [0.5, 0.6) is 5.75 Å². The Balaban J connectivity index is 1.86. The van der Waals surface area contributed by atoms with Gasteiger partial charge in [-0.25, -0.2) is 8.78 Å². The average molecular weight is 305 g/mol. The monoisotopic (exact) mass is 305 g/mol. The molecule has 0 spiro atoms. The van der Waals surface area contributed by atoms with Gasteiger partial charge in [-0.3, -0.25) is 4.79 Å². The van der Waals surface area contributed by atoms with E-state index in [9.17, 15) is 13.6 Å². The largest absolute Gasteiger partial charge is 0.493 e. The summed E-state index contributed by atoms with van der Waals surface area (Å²) in [5.41, 5.74) is 2.01. The van der Waals surface area contributed by atoms with Gasteiger partial charge in [0.2, 0.25) is 5.91 Å². The summed E-state index contributed by atoms with van der Waals surface area (Å²) in [6.45, 7) is 4.05. The van der Waals surface area contributed by atoms with Gasteiger partial charge in [-0.1, -0.05) is 12.1 Å². The third kappa shape index (κ3) is 4.28. The predicted octanol–water partition coefficient (Wildman–Crippen LogP) is 3.99. The van der Waals surface area contributed by atoms with Crippen LogP contribution in [0.15, 0.2) is 36.4 Å². The Morgan fingerprint density at radius 1 is 1.14 bits per heavy atom. The maximum Gasteiger partial charge on any atom is 0.227 e. The van der Waals surface area contributed by atoms with Crippen LogP contribution in [0.3, 0.4) is 0 Å². The molecule has 0 fully saturated rings. The van der Waals surface area contributed by atoms with E-state index in [-0.39, 0.29) is 18.7 Å². The number of ether oxygens (including phenoxy) is 1.